The predicted molar refractivity (Wildman–Crippen MR) is 70.5 cm³/mol. The standard InChI is InChI=1S/C14H23N3O/c1-4-13(14(5-1)17-8-7-15-11-17)16-12-3-2-9-18-10-6-12/h7-8,11-14,16H,1-6,9-10H2. The summed E-state index contributed by atoms with van der Waals surface area (Å²) in [6, 6.07) is 1.85. The fraction of sp³-hybridized carbons (Fsp3) is 0.786. The molecule has 2 heterocycles. The van der Waals surface area contributed by atoms with Crippen LogP contribution in [0.2, 0.25) is 0 Å². The van der Waals surface area contributed by atoms with Crippen molar-refractivity contribution in [1.29, 1.82) is 0 Å². The molecule has 3 atom stereocenters. The van der Waals surface area contributed by atoms with Crippen molar-refractivity contribution in [2.75, 3.05) is 13.2 Å². The largest absolute Gasteiger partial charge is 0.381 e. The summed E-state index contributed by atoms with van der Waals surface area (Å²) in [6.07, 6.45) is 13.4. The van der Waals surface area contributed by atoms with Crippen molar-refractivity contribution in [2.45, 2.75) is 56.7 Å². The molecule has 0 aromatic carbocycles. The zero-order valence-electron chi connectivity index (χ0n) is 10.9. The first-order valence-electron chi connectivity index (χ1n) is 7.25. The zero-order valence-corrected chi connectivity index (χ0v) is 10.9. The lowest BCUT2D eigenvalue weighted by atomic mass is 10.1. The summed E-state index contributed by atoms with van der Waals surface area (Å²) < 4.78 is 7.81. The molecule has 1 saturated heterocycles. The first-order chi connectivity index (χ1) is 8.93. The Morgan fingerprint density at radius 2 is 2.11 bits per heavy atom. The number of imidazole rings is 1. The van der Waals surface area contributed by atoms with Crippen molar-refractivity contribution in [3.05, 3.63) is 18.7 Å². The number of ether oxygens (including phenoxy) is 1. The van der Waals surface area contributed by atoms with Gasteiger partial charge in [0, 0.05) is 43.7 Å². The number of nitrogens with zero attached hydrogens (tertiary/aromatic N) is 2. The van der Waals surface area contributed by atoms with E-state index in [9.17, 15) is 0 Å². The van der Waals surface area contributed by atoms with E-state index in [0.29, 0.717) is 18.1 Å². The van der Waals surface area contributed by atoms with Crippen LogP contribution in [0.15, 0.2) is 18.7 Å². The summed E-state index contributed by atoms with van der Waals surface area (Å²) in [5.74, 6) is 0. The minimum Gasteiger partial charge on any atom is -0.381 e. The molecular formula is C14H23N3O. The molecule has 0 bridgehead atoms. The maximum absolute atomic E-state index is 5.53. The van der Waals surface area contributed by atoms with Crippen LogP contribution in [-0.4, -0.2) is 34.8 Å². The Hall–Kier alpha value is -0.870. The van der Waals surface area contributed by atoms with Gasteiger partial charge in [-0.05, 0) is 38.5 Å². The molecule has 2 aliphatic rings. The van der Waals surface area contributed by atoms with Gasteiger partial charge in [0.05, 0.1) is 6.33 Å². The van der Waals surface area contributed by atoms with E-state index >= 15 is 0 Å². The molecule has 3 rings (SSSR count). The van der Waals surface area contributed by atoms with E-state index in [1.807, 2.05) is 12.5 Å². The van der Waals surface area contributed by atoms with Gasteiger partial charge in [0.25, 0.3) is 0 Å². The summed E-state index contributed by atoms with van der Waals surface area (Å²) >= 11 is 0. The molecule has 4 nitrogen and oxygen atoms in total. The van der Waals surface area contributed by atoms with Crippen molar-refractivity contribution in [2.24, 2.45) is 0 Å². The van der Waals surface area contributed by atoms with E-state index in [1.54, 1.807) is 0 Å². The van der Waals surface area contributed by atoms with Crippen LogP contribution in [-0.2, 0) is 4.74 Å². The van der Waals surface area contributed by atoms with Crippen LogP contribution < -0.4 is 5.32 Å². The maximum Gasteiger partial charge on any atom is 0.0949 e. The molecule has 1 saturated carbocycles. The second-order valence-corrected chi connectivity index (χ2v) is 5.52. The Kier molecular flexibility index (Phi) is 3.96. The minimum atomic E-state index is 0.594. The summed E-state index contributed by atoms with van der Waals surface area (Å²) in [7, 11) is 0. The highest BCUT2D eigenvalue weighted by Crippen LogP contribution is 2.30. The smallest absolute Gasteiger partial charge is 0.0949 e. The molecule has 0 amide bonds. The Morgan fingerprint density at radius 3 is 3.00 bits per heavy atom. The van der Waals surface area contributed by atoms with Gasteiger partial charge in [0.15, 0.2) is 0 Å². The first kappa shape index (κ1) is 12.2. The molecular weight excluding hydrogens is 226 g/mol. The van der Waals surface area contributed by atoms with Gasteiger partial charge in [-0.15, -0.1) is 0 Å². The van der Waals surface area contributed by atoms with Crippen molar-refractivity contribution in [1.82, 2.24) is 14.9 Å². The monoisotopic (exact) mass is 249 g/mol. The van der Waals surface area contributed by atoms with E-state index < -0.39 is 0 Å². The van der Waals surface area contributed by atoms with E-state index in [0.717, 1.165) is 19.6 Å². The van der Waals surface area contributed by atoms with Crippen LogP contribution in [0, 0.1) is 0 Å². The molecule has 1 aliphatic heterocycles. The Labute approximate surface area is 109 Å². The lowest BCUT2D eigenvalue weighted by Gasteiger charge is -2.27. The van der Waals surface area contributed by atoms with Gasteiger partial charge >= 0.3 is 0 Å². The Morgan fingerprint density at radius 1 is 1.11 bits per heavy atom. The number of rotatable bonds is 3. The Bertz CT molecular complexity index is 344. The molecule has 1 aromatic heterocycles. The average Bonchev–Trinajstić information content (AvgIpc) is 2.97. The molecule has 18 heavy (non-hydrogen) atoms. The molecule has 1 aromatic rings. The maximum atomic E-state index is 5.53. The van der Waals surface area contributed by atoms with Crippen LogP contribution in [0.4, 0.5) is 0 Å². The number of aromatic nitrogens is 2. The van der Waals surface area contributed by atoms with E-state index in [4.69, 9.17) is 4.74 Å². The van der Waals surface area contributed by atoms with Gasteiger partial charge in [0.2, 0.25) is 0 Å². The van der Waals surface area contributed by atoms with Crippen molar-refractivity contribution >= 4 is 0 Å². The second-order valence-electron chi connectivity index (χ2n) is 5.52. The third-order valence-electron chi connectivity index (χ3n) is 4.29. The van der Waals surface area contributed by atoms with Crippen molar-refractivity contribution in [3.8, 4) is 0 Å². The first-order valence-corrected chi connectivity index (χ1v) is 7.25. The summed E-state index contributed by atoms with van der Waals surface area (Å²) in [5, 5.41) is 3.87. The van der Waals surface area contributed by atoms with E-state index in [2.05, 4.69) is 21.1 Å². The van der Waals surface area contributed by atoms with Gasteiger partial charge in [-0.2, -0.15) is 0 Å². The third-order valence-corrected chi connectivity index (χ3v) is 4.29. The number of hydrogen-bond donors (Lipinski definition) is 1. The SMILES string of the molecule is c1cn(C2CCCC2NC2CCCOCC2)cn1. The quantitative estimate of drug-likeness (QED) is 0.892. The van der Waals surface area contributed by atoms with Gasteiger partial charge in [-0.25, -0.2) is 4.98 Å². The highest BCUT2D eigenvalue weighted by atomic mass is 16.5. The molecule has 1 N–H and O–H groups in total. The summed E-state index contributed by atoms with van der Waals surface area (Å²) in [6.45, 7) is 1.86. The summed E-state index contributed by atoms with van der Waals surface area (Å²) in [4.78, 5) is 4.18. The average molecular weight is 249 g/mol. The van der Waals surface area contributed by atoms with Crippen molar-refractivity contribution < 1.29 is 4.74 Å². The van der Waals surface area contributed by atoms with Gasteiger partial charge in [0.1, 0.15) is 0 Å². The van der Waals surface area contributed by atoms with Crippen LogP contribution in [0.1, 0.15) is 44.6 Å². The molecule has 3 unspecified atom stereocenters. The topological polar surface area (TPSA) is 39.1 Å². The van der Waals surface area contributed by atoms with Crippen LogP contribution in [0.3, 0.4) is 0 Å². The van der Waals surface area contributed by atoms with E-state index in [-0.39, 0.29) is 0 Å². The van der Waals surface area contributed by atoms with Crippen molar-refractivity contribution in [3.63, 3.8) is 0 Å². The molecule has 0 radical (unpaired) electrons. The lowest BCUT2D eigenvalue weighted by Crippen LogP contribution is -2.41. The molecule has 100 valence electrons. The fourth-order valence-corrected chi connectivity index (χ4v) is 3.33. The Balaban J connectivity index is 1.60. The lowest BCUT2D eigenvalue weighted by molar-refractivity contribution is 0.142. The second kappa shape index (κ2) is 5.85. The van der Waals surface area contributed by atoms with E-state index in [1.165, 1.54) is 32.1 Å². The fourth-order valence-electron chi connectivity index (χ4n) is 3.33. The predicted octanol–water partition coefficient (Wildman–Crippen LogP) is 2.14. The molecule has 2 fully saturated rings. The third kappa shape index (κ3) is 2.75. The minimum absolute atomic E-state index is 0.594. The van der Waals surface area contributed by atoms with Crippen LogP contribution in [0.5, 0.6) is 0 Å². The highest BCUT2D eigenvalue weighted by molar-refractivity contribution is 4.93. The van der Waals surface area contributed by atoms with Gasteiger partial charge in [-0.1, -0.05) is 0 Å². The van der Waals surface area contributed by atoms with Crippen LogP contribution >= 0.6 is 0 Å². The summed E-state index contributed by atoms with van der Waals surface area (Å²) in [5.41, 5.74) is 0. The number of hydrogen-bond acceptors (Lipinski definition) is 3. The molecule has 4 heteroatoms. The van der Waals surface area contributed by atoms with Crippen LogP contribution in [0.25, 0.3) is 0 Å². The number of nitrogens with one attached hydrogen (secondary N) is 1. The molecule has 1 aliphatic carbocycles. The molecule has 0 spiro atoms. The highest BCUT2D eigenvalue weighted by Gasteiger charge is 2.30. The van der Waals surface area contributed by atoms with Gasteiger partial charge in [-0.3, -0.25) is 0 Å². The zero-order chi connectivity index (χ0) is 12.2. The normalized spacial score (nSPS) is 33.4. The van der Waals surface area contributed by atoms with Gasteiger partial charge < -0.3 is 14.6 Å².